The van der Waals surface area contributed by atoms with Crippen LogP contribution in [0.2, 0.25) is 0 Å². The van der Waals surface area contributed by atoms with Crippen LogP contribution in [0.3, 0.4) is 0 Å². The minimum Gasteiger partial charge on any atom is -0.133 e. The van der Waals surface area contributed by atoms with Crippen molar-refractivity contribution in [1.29, 1.82) is 0 Å². The van der Waals surface area contributed by atoms with Gasteiger partial charge in [0.2, 0.25) is 0 Å². The Balaban J connectivity index is 2.49. The van der Waals surface area contributed by atoms with E-state index in [1.54, 1.807) is 11.3 Å². The first-order valence-corrected chi connectivity index (χ1v) is 6.06. The molecule has 0 aliphatic rings. The van der Waals surface area contributed by atoms with Gasteiger partial charge in [-0.2, -0.15) is 0 Å². The van der Waals surface area contributed by atoms with E-state index in [-0.39, 0.29) is 0 Å². The molecule has 0 fully saturated rings. The summed E-state index contributed by atoms with van der Waals surface area (Å²) in [6.07, 6.45) is 2.03. The van der Waals surface area contributed by atoms with Crippen molar-refractivity contribution in [2.45, 2.75) is 26.7 Å². The molecule has 0 bridgehead atoms. The maximum Gasteiger partial charge on any atom is 0.0701 e. The monoisotopic (exact) mass is 256 g/mol. The number of hydrogen-bond acceptors (Lipinski definition) is 1. The minimum absolute atomic E-state index is 0.477. The van der Waals surface area contributed by atoms with Crippen molar-refractivity contribution >= 4 is 27.3 Å². The third kappa shape index (κ3) is 3.97. The summed E-state index contributed by atoms with van der Waals surface area (Å²) in [6, 6.07) is 4.26. The molecule has 13 heavy (non-hydrogen) atoms. The van der Waals surface area contributed by atoms with E-state index in [1.807, 2.05) is 0 Å². The molecule has 1 aromatic rings. The molecule has 70 valence electrons. The zero-order valence-corrected chi connectivity index (χ0v) is 10.3. The topological polar surface area (TPSA) is 0 Å². The Labute approximate surface area is 92.5 Å². The summed E-state index contributed by atoms with van der Waals surface area (Å²) in [5.41, 5.74) is 0. The number of rotatable bonds is 2. The summed E-state index contributed by atoms with van der Waals surface area (Å²) < 4.78 is 1.21. The fraction of sp³-hybridized carbons (Fsp3) is 0.455. The lowest BCUT2D eigenvalue weighted by molar-refractivity contribution is 0.759. The van der Waals surface area contributed by atoms with Gasteiger partial charge in [0.25, 0.3) is 0 Å². The van der Waals surface area contributed by atoms with E-state index in [4.69, 9.17) is 0 Å². The van der Waals surface area contributed by atoms with Gasteiger partial charge < -0.3 is 0 Å². The molecule has 0 aliphatic heterocycles. The highest BCUT2D eigenvalue weighted by Gasteiger charge is 2.02. The van der Waals surface area contributed by atoms with Gasteiger partial charge in [-0.15, -0.1) is 17.3 Å². The summed E-state index contributed by atoms with van der Waals surface area (Å²) in [5, 5.41) is 0. The highest BCUT2D eigenvalue weighted by atomic mass is 79.9. The van der Waals surface area contributed by atoms with Gasteiger partial charge in [0.15, 0.2) is 0 Å². The maximum atomic E-state index is 3.46. The van der Waals surface area contributed by atoms with Crippen molar-refractivity contribution in [1.82, 2.24) is 0 Å². The summed E-state index contributed by atoms with van der Waals surface area (Å²) in [5.74, 6) is 6.83. The lowest BCUT2D eigenvalue weighted by Gasteiger charge is -1.99. The molecule has 2 heteroatoms. The van der Waals surface area contributed by atoms with Gasteiger partial charge in [-0.05, 0) is 34.5 Å². The molecule has 0 N–H and O–H groups in total. The van der Waals surface area contributed by atoms with E-state index >= 15 is 0 Å². The molecular weight excluding hydrogens is 244 g/mol. The smallest absolute Gasteiger partial charge is 0.0701 e. The van der Waals surface area contributed by atoms with Crippen LogP contribution < -0.4 is 0 Å². The lowest BCUT2D eigenvalue weighted by atomic mass is 10.1. The second-order valence-corrected chi connectivity index (χ2v) is 5.53. The number of halogens is 1. The average molecular weight is 257 g/mol. The van der Waals surface area contributed by atoms with Gasteiger partial charge in [0, 0.05) is 17.2 Å². The van der Waals surface area contributed by atoms with Gasteiger partial charge >= 0.3 is 0 Å². The van der Waals surface area contributed by atoms with Crippen LogP contribution in [0, 0.1) is 17.8 Å². The lowest BCUT2D eigenvalue weighted by Crippen LogP contribution is -1.93. The van der Waals surface area contributed by atoms with E-state index < -0.39 is 0 Å². The molecule has 1 rings (SSSR count). The maximum absolute atomic E-state index is 3.46. The standard InChI is InChI=1S/C11H13BrS/c1-3-4-5-9(2)8-10-6-7-11(12)13-10/h6-7,9H,3,8H2,1-2H3. The molecule has 1 unspecified atom stereocenters. The van der Waals surface area contributed by atoms with Gasteiger partial charge in [-0.25, -0.2) is 0 Å². The van der Waals surface area contributed by atoms with Crippen molar-refractivity contribution in [3.63, 3.8) is 0 Å². The predicted octanol–water partition coefficient (Wildman–Crippen LogP) is 4.10. The Morgan fingerprint density at radius 1 is 1.54 bits per heavy atom. The van der Waals surface area contributed by atoms with Gasteiger partial charge in [-0.3, -0.25) is 0 Å². The van der Waals surface area contributed by atoms with E-state index in [0.29, 0.717) is 5.92 Å². The van der Waals surface area contributed by atoms with Gasteiger partial charge in [0.05, 0.1) is 3.79 Å². The average Bonchev–Trinajstić information content (AvgIpc) is 2.48. The minimum atomic E-state index is 0.477. The Morgan fingerprint density at radius 2 is 2.31 bits per heavy atom. The summed E-state index contributed by atoms with van der Waals surface area (Å²) in [4.78, 5) is 1.41. The molecule has 0 saturated heterocycles. The summed E-state index contributed by atoms with van der Waals surface area (Å²) >= 11 is 5.26. The van der Waals surface area contributed by atoms with Crippen LogP contribution in [-0.4, -0.2) is 0 Å². The van der Waals surface area contributed by atoms with Crippen molar-refractivity contribution in [3.8, 4) is 11.8 Å². The second-order valence-electron chi connectivity index (χ2n) is 2.99. The normalized spacial score (nSPS) is 11.9. The van der Waals surface area contributed by atoms with Crippen molar-refractivity contribution < 1.29 is 0 Å². The van der Waals surface area contributed by atoms with E-state index in [2.05, 4.69) is 53.8 Å². The highest BCUT2D eigenvalue weighted by Crippen LogP contribution is 2.24. The zero-order valence-electron chi connectivity index (χ0n) is 7.93. The van der Waals surface area contributed by atoms with Crippen LogP contribution >= 0.6 is 27.3 Å². The van der Waals surface area contributed by atoms with Crippen LogP contribution in [0.5, 0.6) is 0 Å². The number of hydrogen-bond donors (Lipinski definition) is 0. The third-order valence-corrected chi connectivity index (χ3v) is 3.31. The fourth-order valence-corrected chi connectivity index (χ4v) is 2.70. The molecule has 0 spiro atoms. The molecule has 1 aromatic heterocycles. The van der Waals surface area contributed by atoms with E-state index in [0.717, 1.165) is 12.8 Å². The summed E-state index contributed by atoms with van der Waals surface area (Å²) in [7, 11) is 0. The van der Waals surface area contributed by atoms with E-state index in [9.17, 15) is 0 Å². The molecule has 0 aliphatic carbocycles. The van der Waals surface area contributed by atoms with E-state index in [1.165, 1.54) is 8.66 Å². The molecular formula is C11H13BrS. The zero-order chi connectivity index (χ0) is 9.68. The van der Waals surface area contributed by atoms with Crippen molar-refractivity contribution in [3.05, 3.63) is 20.8 Å². The highest BCUT2D eigenvalue weighted by molar-refractivity contribution is 9.11. The molecule has 0 amide bonds. The molecule has 0 nitrogen and oxygen atoms in total. The Kier molecular flexibility index (Phi) is 4.55. The van der Waals surface area contributed by atoms with Crippen LogP contribution in [0.15, 0.2) is 15.9 Å². The van der Waals surface area contributed by atoms with Crippen LogP contribution in [-0.2, 0) is 6.42 Å². The first-order chi connectivity index (χ1) is 6.22. The first kappa shape index (κ1) is 10.8. The predicted molar refractivity (Wildman–Crippen MR) is 63.0 cm³/mol. The Morgan fingerprint density at radius 3 is 2.85 bits per heavy atom. The quantitative estimate of drug-likeness (QED) is 0.699. The molecule has 1 atom stereocenters. The van der Waals surface area contributed by atoms with Crippen LogP contribution in [0.4, 0.5) is 0 Å². The third-order valence-electron chi connectivity index (χ3n) is 1.66. The largest absolute Gasteiger partial charge is 0.133 e. The molecule has 0 saturated carbocycles. The second kappa shape index (κ2) is 5.47. The molecule has 0 aromatic carbocycles. The summed E-state index contributed by atoms with van der Waals surface area (Å²) in [6.45, 7) is 4.26. The van der Waals surface area contributed by atoms with Crippen LogP contribution in [0.1, 0.15) is 25.1 Å². The van der Waals surface area contributed by atoms with Crippen molar-refractivity contribution in [2.24, 2.45) is 5.92 Å². The van der Waals surface area contributed by atoms with Crippen molar-refractivity contribution in [2.75, 3.05) is 0 Å². The SMILES string of the molecule is CCC#CC(C)Cc1ccc(Br)s1. The molecule has 0 radical (unpaired) electrons. The number of thiophene rings is 1. The van der Waals surface area contributed by atoms with Gasteiger partial charge in [0.1, 0.15) is 0 Å². The molecule has 1 heterocycles. The van der Waals surface area contributed by atoms with Gasteiger partial charge in [-0.1, -0.05) is 19.8 Å². The Bertz CT molecular complexity index is 316. The Hall–Kier alpha value is -0.260. The van der Waals surface area contributed by atoms with Crippen LogP contribution in [0.25, 0.3) is 0 Å². The first-order valence-electron chi connectivity index (χ1n) is 4.45. The fourth-order valence-electron chi connectivity index (χ4n) is 1.09.